The molecule has 1 fully saturated rings. The number of fused-ring (bicyclic) bond motifs is 1. The number of carboxylic acid groups (broad SMARTS) is 1. The van der Waals surface area contributed by atoms with Crippen molar-refractivity contribution < 1.29 is 14.7 Å². The second kappa shape index (κ2) is 6.86. The summed E-state index contributed by atoms with van der Waals surface area (Å²) in [5, 5.41) is 15.9. The molecule has 0 saturated carbocycles. The second-order valence-corrected chi connectivity index (χ2v) is 6.98. The van der Waals surface area contributed by atoms with E-state index in [0.29, 0.717) is 29.9 Å². The highest BCUT2D eigenvalue weighted by atomic mass is 16.4. The van der Waals surface area contributed by atoms with E-state index in [1.54, 1.807) is 0 Å². The number of aromatic nitrogens is 4. The molecule has 0 unspecified atom stereocenters. The van der Waals surface area contributed by atoms with Crippen molar-refractivity contribution in [2.24, 2.45) is 0 Å². The number of carbonyl (C=O) groups is 2. The highest BCUT2D eigenvalue weighted by molar-refractivity contribution is 6.04. The predicted octanol–water partition coefficient (Wildman–Crippen LogP) is 2.24. The Labute approximate surface area is 155 Å². The van der Waals surface area contributed by atoms with Crippen LogP contribution in [0, 0.1) is 6.92 Å². The Hall–Kier alpha value is -3.16. The molecule has 3 aromatic rings. The summed E-state index contributed by atoms with van der Waals surface area (Å²) in [6.45, 7) is 3.16. The standard InChI is InChI=1S/C19H21N5O3/c1-11-20-15-4-2-3-14(18(15)21-11)19(27)24-7-5-12(6-8-24)16-9-13(22-23-16)10-17(25)26/h2-4,9,12H,5-8,10H2,1H3,(H,20,21)(H,22,23)(H,25,26). The number of aromatic amines is 2. The van der Waals surface area contributed by atoms with Gasteiger partial charge in [-0.15, -0.1) is 0 Å². The van der Waals surface area contributed by atoms with Crippen molar-refractivity contribution in [3.8, 4) is 0 Å². The summed E-state index contributed by atoms with van der Waals surface area (Å²) < 4.78 is 0. The number of piperidine rings is 1. The number of aryl methyl sites for hydroxylation is 1. The quantitative estimate of drug-likeness (QED) is 0.654. The van der Waals surface area contributed by atoms with Crippen molar-refractivity contribution in [3.05, 3.63) is 47.0 Å². The summed E-state index contributed by atoms with van der Waals surface area (Å²) in [6.07, 6.45) is 1.55. The zero-order valence-corrected chi connectivity index (χ0v) is 15.0. The van der Waals surface area contributed by atoms with Crippen molar-refractivity contribution >= 4 is 22.9 Å². The lowest BCUT2D eigenvalue weighted by Crippen LogP contribution is -2.38. The van der Waals surface area contributed by atoms with E-state index >= 15 is 0 Å². The Balaban J connectivity index is 1.45. The van der Waals surface area contributed by atoms with Gasteiger partial charge in [0.25, 0.3) is 5.91 Å². The average Bonchev–Trinajstić information content (AvgIpc) is 3.26. The molecule has 1 aliphatic rings. The number of carboxylic acids is 1. The van der Waals surface area contributed by atoms with Gasteiger partial charge in [-0.1, -0.05) is 6.07 Å². The number of amides is 1. The van der Waals surface area contributed by atoms with E-state index < -0.39 is 5.97 Å². The Kier molecular flexibility index (Phi) is 4.39. The van der Waals surface area contributed by atoms with Crippen LogP contribution < -0.4 is 0 Å². The SMILES string of the molecule is Cc1nc2c(C(=O)N3CCC(c4cc(CC(=O)O)[nH]n4)CC3)cccc2[nH]1. The maximum atomic E-state index is 13.0. The number of benzene rings is 1. The Morgan fingerprint density at radius 1 is 1.30 bits per heavy atom. The maximum absolute atomic E-state index is 13.0. The fourth-order valence-electron chi connectivity index (χ4n) is 3.72. The van der Waals surface area contributed by atoms with Crippen LogP contribution in [0.2, 0.25) is 0 Å². The molecule has 27 heavy (non-hydrogen) atoms. The Morgan fingerprint density at radius 2 is 2.07 bits per heavy atom. The minimum atomic E-state index is -0.881. The Bertz CT molecular complexity index is 998. The van der Waals surface area contributed by atoms with Crippen LogP contribution in [0.25, 0.3) is 11.0 Å². The third-order valence-corrected chi connectivity index (χ3v) is 5.05. The fourth-order valence-corrected chi connectivity index (χ4v) is 3.72. The van der Waals surface area contributed by atoms with Crippen LogP contribution in [0.3, 0.4) is 0 Å². The van der Waals surface area contributed by atoms with Crippen LogP contribution in [0.1, 0.15) is 46.3 Å². The molecule has 1 amide bonds. The van der Waals surface area contributed by atoms with Gasteiger partial charge in [0.2, 0.25) is 0 Å². The number of rotatable bonds is 4. The molecule has 0 radical (unpaired) electrons. The van der Waals surface area contributed by atoms with Crippen LogP contribution in [0.15, 0.2) is 24.3 Å². The molecule has 8 nitrogen and oxygen atoms in total. The lowest BCUT2D eigenvalue weighted by atomic mass is 9.93. The number of hydrogen-bond donors (Lipinski definition) is 3. The first-order valence-corrected chi connectivity index (χ1v) is 9.02. The number of hydrogen-bond acceptors (Lipinski definition) is 4. The zero-order chi connectivity index (χ0) is 19.0. The Morgan fingerprint density at radius 3 is 2.81 bits per heavy atom. The third-order valence-electron chi connectivity index (χ3n) is 5.05. The minimum absolute atomic E-state index is 0.000793. The van der Waals surface area contributed by atoms with Crippen LogP contribution in [-0.2, 0) is 11.2 Å². The summed E-state index contributed by atoms with van der Waals surface area (Å²) in [5.41, 5.74) is 3.70. The number of H-pyrrole nitrogens is 2. The molecule has 1 aromatic carbocycles. The molecule has 0 spiro atoms. The zero-order valence-electron chi connectivity index (χ0n) is 15.0. The first kappa shape index (κ1) is 17.3. The summed E-state index contributed by atoms with van der Waals surface area (Å²) in [4.78, 5) is 33.3. The lowest BCUT2D eigenvalue weighted by Gasteiger charge is -2.31. The molecule has 0 bridgehead atoms. The first-order valence-electron chi connectivity index (χ1n) is 9.02. The number of likely N-dealkylation sites (tertiary alicyclic amines) is 1. The molecule has 3 heterocycles. The molecule has 4 rings (SSSR count). The predicted molar refractivity (Wildman–Crippen MR) is 98.6 cm³/mol. The molecule has 0 aliphatic carbocycles. The van der Waals surface area contributed by atoms with Crippen molar-refractivity contribution in [3.63, 3.8) is 0 Å². The van der Waals surface area contributed by atoms with Gasteiger partial charge in [-0.2, -0.15) is 5.10 Å². The monoisotopic (exact) mass is 367 g/mol. The van der Waals surface area contributed by atoms with Gasteiger partial charge in [-0.3, -0.25) is 14.7 Å². The molecule has 140 valence electrons. The van der Waals surface area contributed by atoms with Crippen LogP contribution in [0.4, 0.5) is 0 Å². The topological polar surface area (TPSA) is 115 Å². The number of nitrogens with zero attached hydrogens (tertiary/aromatic N) is 3. The van der Waals surface area contributed by atoms with E-state index in [1.807, 2.05) is 36.1 Å². The van der Waals surface area contributed by atoms with E-state index in [4.69, 9.17) is 5.11 Å². The number of para-hydroxylation sites is 1. The second-order valence-electron chi connectivity index (χ2n) is 6.98. The molecule has 1 saturated heterocycles. The van der Waals surface area contributed by atoms with E-state index in [1.165, 1.54) is 0 Å². The third kappa shape index (κ3) is 3.42. The molecular formula is C19H21N5O3. The first-order chi connectivity index (χ1) is 13.0. The lowest BCUT2D eigenvalue weighted by molar-refractivity contribution is -0.136. The van der Waals surface area contributed by atoms with Crippen LogP contribution >= 0.6 is 0 Å². The summed E-state index contributed by atoms with van der Waals surface area (Å²) in [5.74, 6) is 0.142. The van der Waals surface area contributed by atoms with Gasteiger partial charge in [0.15, 0.2) is 0 Å². The van der Waals surface area contributed by atoms with Gasteiger partial charge in [0.1, 0.15) is 11.3 Å². The normalized spacial score (nSPS) is 15.4. The summed E-state index contributed by atoms with van der Waals surface area (Å²) in [7, 11) is 0. The highest BCUT2D eigenvalue weighted by Gasteiger charge is 2.27. The van der Waals surface area contributed by atoms with Gasteiger partial charge in [-0.25, -0.2) is 4.98 Å². The van der Waals surface area contributed by atoms with Gasteiger partial charge < -0.3 is 15.0 Å². The smallest absolute Gasteiger partial charge is 0.309 e. The largest absolute Gasteiger partial charge is 0.481 e. The number of nitrogens with one attached hydrogen (secondary N) is 2. The van der Waals surface area contributed by atoms with E-state index in [-0.39, 0.29) is 18.2 Å². The van der Waals surface area contributed by atoms with E-state index in [2.05, 4.69) is 20.2 Å². The number of aliphatic carboxylic acids is 1. The summed E-state index contributed by atoms with van der Waals surface area (Å²) in [6, 6.07) is 7.44. The van der Waals surface area contributed by atoms with Crippen molar-refractivity contribution in [2.75, 3.05) is 13.1 Å². The molecule has 8 heteroatoms. The highest BCUT2D eigenvalue weighted by Crippen LogP contribution is 2.28. The van der Waals surface area contributed by atoms with Crippen molar-refractivity contribution in [1.29, 1.82) is 0 Å². The maximum Gasteiger partial charge on any atom is 0.309 e. The van der Waals surface area contributed by atoms with Crippen molar-refractivity contribution in [2.45, 2.75) is 32.1 Å². The van der Waals surface area contributed by atoms with Gasteiger partial charge in [0.05, 0.1) is 23.2 Å². The molecular weight excluding hydrogens is 346 g/mol. The van der Waals surface area contributed by atoms with Gasteiger partial charge >= 0.3 is 5.97 Å². The van der Waals surface area contributed by atoms with Crippen LogP contribution in [0.5, 0.6) is 0 Å². The molecule has 3 N–H and O–H groups in total. The van der Waals surface area contributed by atoms with Crippen molar-refractivity contribution in [1.82, 2.24) is 25.1 Å². The fraction of sp³-hybridized carbons (Fsp3) is 0.368. The number of carbonyl (C=O) groups excluding carboxylic acids is 1. The average molecular weight is 367 g/mol. The van der Waals surface area contributed by atoms with Gasteiger partial charge in [-0.05, 0) is 38.0 Å². The number of imidazole rings is 1. The molecule has 0 atom stereocenters. The molecule has 2 aromatic heterocycles. The van der Waals surface area contributed by atoms with Gasteiger partial charge in [0, 0.05) is 24.7 Å². The van der Waals surface area contributed by atoms with E-state index in [0.717, 1.165) is 29.9 Å². The van der Waals surface area contributed by atoms with E-state index in [9.17, 15) is 9.59 Å². The minimum Gasteiger partial charge on any atom is -0.481 e. The van der Waals surface area contributed by atoms with Crippen LogP contribution in [-0.4, -0.2) is 55.1 Å². The summed E-state index contributed by atoms with van der Waals surface area (Å²) >= 11 is 0. The molecule has 1 aliphatic heterocycles.